The first kappa shape index (κ1) is 14.1. The molecule has 0 bridgehead atoms. The standard InChI is InChI=1S/C15H17F3O/c16-13-8-12(9-14(17)15(13)18)11-5-3-10(4-6-11)2-1-7-19/h7-11H,1-6H2. The van der Waals surface area contributed by atoms with Crippen LogP contribution in [0.25, 0.3) is 0 Å². The van der Waals surface area contributed by atoms with E-state index in [1.807, 2.05) is 0 Å². The minimum absolute atomic E-state index is 0.0945. The molecule has 104 valence electrons. The molecule has 1 aliphatic carbocycles. The fourth-order valence-electron chi connectivity index (χ4n) is 2.90. The smallest absolute Gasteiger partial charge is 0.194 e. The van der Waals surface area contributed by atoms with Crippen molar-refractivity contribution < 1.29 is 18.0 Å². The zero-order valence-corrected chi connectivity index (χ0v) is 10.7. The highest BCUT2D eigenvalue weighted by Gasteiger charge is 2.24. The number of hydrogen-bond acceptors (Lipinski definition) is 1. The average Bonchev–Trinajstić information content (AvgIpc) is 2.42. The summed E-state index contributed by atoms with van der Waals surface area (Å²) >= 11 is 0. The molecule has 19 heavy (non-hydrogen) atoms. The van der Waals surface area contributed by atoms with Crippen LogP contribution in [0.1, 0.15) is 50.0 Å². The van der Waals surface area contributed by atoms with Gasteiger partial charge in [0.2, 0.25) is 0 Å². The van der Waals surface area contributed by atoms with E-state index >= 15 is 0 Å². The maximum Gasteiger partial charge on any atom is 0.194 e. The van der Waals surface area contributed by atoms with Crippen LogP contribution in [0.5, 0.6) is 0 Å². The summed E-state index contributed by atoms with van der Waals surface area (Å²) in [4.78, 5) is 10.3. The fourth-order valence-corrected chi connectivity index (χ4v) is 2.90. The molecule has 1 aromatic rings. The van der Waals surface area contributed by atoms with Gasteiger partial charge in [-0.25, -0.2) is 13.2 Å². The van der Waals surface area contributed by atoms with Crippen molar-refractivity contribution in [2.75, 3.05) is 0 Å². The Morgan fingerprint density at radius 1 is 1.05 bits per heavy atom. The summed E-state index contributed by atoms with van der Waals surface area (Å²) < 4.78 is 39.3. The molecule has 4 heteroatoms. The molecular weight excluding hydrogens is 253 g/mol. The van der Waals surface area contributed by atoms with E-state index in [1.165, 1.54) is 0 Å². The third-order valence-corrected chi connectivity index (χ3v) is 4.02. The zero-order chi connectivity index (χ0) is 13.8. The molecule has 0 aromatic heterocycles. The maximum atomic E-state index is 13.2. The van der Waals surface area contributed by atoms with Gasteiger partial charge in [0.05, 0.1) is 0 Å². The van der Waals surface area contributed by atoms with Crippen LogP contribution in [0.4, 0.5) is 13.2 Å². The predicted molar refractivity (Wildman–Crippen MR) is 66.3 cm³/mol. The molecular formula is C15H17F3O. The molecule has 0 saturated heterocycles. The number of halogens is 3. The lowest BCUT2D eigenvalue weighted by Gasteiger charge is -2.28. The van der Waals surface area contributed by atoms with Crippen molar-refractivity contribution >= 4 is 6.29 Å². The van der Waals surface area contributed by atoms with Gasteiger partial charge in [-0.3, -0.25) is 0 Å². The van der Waals surface area contributed by atoms with Crippen molar-refractivity contribution in [3.05, 3.63) is 35.1 Å². The van der Waals surface area contributed by atoms with Crippen LogP contribution < -0.4 is 0 Å². The average molecular weight is 270 g/mol. The molecule has 0 atom stereocenters. The summed E-state index contributed by atoms with van der Waals surface area (Å²) in [5, 5.41) is 0. The summed E-state index contributed by atoms with van der Waals surface area (Å²) in [6.07, 6.45) is 5.99. The van der Waals surface area contributed by atoms with Gasteiger partial charge in [-0.2, -0.15) is 0 Å². The Bertz CT molecular complexity index is 428. The number of aldehydes is 1. The number of benzene rings is 1. The van der Waals surface area contributed by atoms with Crippen LogP contribution in [-0.4, -0.2) is 6.29 Å². The molecule has 0 unspecified atom stereocenters. The van der Waals surface area contributed by atoms with Gasteiger partial charge in [0.15, 0.2) is 17.5 Å². The fraction of sp³-hybridized carbons (Fsp3) is 0.533. The van der Waals surface area contributed by atoms with Crippen molar-refractivity contribution in [2.24, 2.45) is 5.92 Å². The Morgan fingerprint density at radius 3 is 2.16 bits per heavy atom. The van der Waals surface area contributed by atoms with E-state index in [0.717, 1.165) is 50.5 Å². The Morgan fingerprint density at radius 2 is 1.63 bits per heavy atom. The monoisotopic (exact) mass is 270 g/mol. The largest absolute Gasteiger partial charge is 0.303 e. The van der Waals surface area contributed by atoms with Crippen molar-refractivity contribution in [1.29, 1.82) is 0 Å². The first-order valence-electron chi connectivity index (χ1n) is 6.70. The maximum absolute atomic E-state index is 13.2. The molecule has 0 radical (unpaired) electrons. The van der Waals surface area contributed by atoms with Gasteiger partial charge < -0.3 is 4.79 Å². The normalized spacial score (nSPS) is 23.3. The Labute approximate surface area is 110 Å². The molecule has 0 spiro atoms. The molecule has 2 rings (SSSR count). The van der Waals surface area contributed by atoms with E-state index in [2.05, 4.69) is 0 Å². The molecule has 1 aromatic carbocycles. The van der Waals surface area contributed by atoms with Gasteiger partial charge in [0, 0.05) is 6.42 Å². The summed E-state index contributed by atoms with van der Waals surface area (Å²) in [7, 11) is 0. The van der Waals surface area contributed by atoms with Crippen LogP contribution in [-0.2, 0) is 4.79 Å². The molecule has 1 nitrogen and oxygen atoms in total. The van der Waals surface area contributed by atoms with Crippen molar-refractivity contribution in [3.63, 3.8) is 0 Å². The second-order valence-corrected chi connectivity index (χ2v) is 5.26. The van der Waals surface area contributed by atoms with Crippen LogP contribution in [0, 0.1) is 23.4 Å². The van der Waals surface area contributed by atoms with Crippen molar-refractivity contribution in [1.82, 2.24) is 0 Å². The predicted octanol–water partition coefficient (Wildman–Crippen LogP) is 4.36. The number of hydrogen-bond donors (Lipinski definition) is 0. The van der Waals surface area contributed by atoms with Crippen LogP contribution in [0.15, 0.2) is 12.1 Å². The van der Waals surface area contributed by atoms with Gasteiger partial charge in [-0.15, -0.1) is 0 Å². The lowest BCUT2D eigenvalue weighted by atomic mass is 9.77. The minimum Gasteiger partial charge on any atom is -0.303 e. The van der Waals surface area contributed by atoms with E-state index in [4.69, 9.17) is 0 Å². The van der Waals surface area contributed by atoms with Crippen molar-refractivity contribution in [2.45, 2.75) is 44.4 Å². The summed E-state index contributed by atoms with van der Waals surface area (Å²) in [6, 6.07) is 2.21. The number of rotatable bonds is 4. The Hall–Kier alpha value is -1.32. The minimum atomic E-state index is -1.40. The van der Waals surface area contributed by atoms with Gasteiger partial charge in [0.1, 0.15) is 6.29 Å². The van der Waals surface area contributed by atoms with E-state index in [0.29, 0.717) is 17.9 Å². The van der Waals surface area contributed by atoms with E-state index in [-0.39, 0.29) is 5.92 Å². The Kier molecular flexibility index (Phi) is 4.61. The highest BCUT2D eigenvalue weighted by atomic mass is 19.2. The number of carbonyl (C=O) groups is 1. The first-order valence-corrected chi connectivity index (χ1v) is 6.70. The molecule has 0 aliphatic heterocycles. The van der Waals surface area contributed by atoms with Gasteiger partial charge >= 0.3 is 0 Å². The lowest BCUT2D eigenvalue weighted by Crippen LogP contribution is -2.14. The summed E-state index contributed by atoms with van der Waals surface area (Å²) in [5.41, 5.74) is 0.547. The molecule has 1 fully saturated rings. The highest BCUT2D eigenvalue weighted by Crippen LogP contribution is 2.38. The van der Waals surface area contributed by atoms with E-state index < -0.39 is 17.5 Å². The molecule has 0 amide bonds. The summed E-state index contributed by atoms with van der Waals surface area (Å²) in [5.74, 6) is -3.01. The first-order chi connectivity index (χ1) is 9.11. The summed E-state index contributed by atoms with van der Waals surface area (Å²) in [6.45, 7) is 0. The van der Waals surface area contributed by atoms with Crippen molar-refractivity contribution in [3.8, 4) is 0 Å². The second-order valence-electron chi connectivity index (χ2n) is 5.26. The molecule has 1 saturated carbocycles. The number of carbonyl (C=O) groups excluding carboxylic acids is 1. The zero-order valence-electron chi connectivity index (χ0n) is 10.7. The van der Waals surface area contributed by atoms with E-state index in [9.17, 15) is 18.0 Å². The Balaban J connectivity index is 1.99. The van der Waals surface area contributed by atoms with E-state index in [1.54, 1.807) is 0 Å². The van der Waals surface area contributed by atoms with Crippen LogP contribution in [0.2, 0.25) is 0 Å². The highest BCUT2D eigenvalue weighted by molar-refractivity contribution is 5.49. The van der Waals surface area contributed by atoms with Crippen LogP contribution in [0.3, 0.4) is 0 Å². The van der Waals surface area contributed by atoms with Gasteiger partial charge in [-0.1, -0.05) is 0 Å². The van der Waals surface area contributed by atoms with Gasteiger partial charge in [0.25, 0.3) is 0 Å². The third-order valence-electron chi connectivity index (χ3n) is 4.02. The third kappa shape index (κ3) is 3.37. The SMILES string of the molecule is O=CCCC1CCC(c2cc(F)c(F)c(F)c2)CC1. The second kappa shape index (κ2) is 6.22. The molecule has 0 N–H and O–H groups in total. The molecule has 1 aliphatic rings. The lowest BCUT2D eigenvalue weighted by molar-refractivity contribution is -0.108. The van der Waals surface area contributed by atoms with Crippen LogP contribution >= 0.6 is 0 Å². The topological polar surface area (TPSA) is 17.1 Å². The molecule has 0 heterocycles. The quantitative estimate of drug-likeness (QED) is 0.587. The van der Waals surface area contributed by atoms with Gasteiger partial charge in [-0.05, 0) is 61.6 Å².